The third kappa shape index (κ3) is 2.01. The molecule has 2 aliphatic heterocycles. The van der Waals surface area contributed by atoms with Crippen LogP contribution in [0.2, 0.25) is 0 Å². The Morgan fingerprint density at radius 3 is 2.58 bits per heavy atom. The third-order valence-electron chi connectivity index (χ3n) is 5.93. The molecule has 1 saturated carbocycles. The van der Waals surface area contributed by atoms with E-state index < -0.39 is 10.3 Å². The summed E-state index contributed by atoms with van der Waals surface area (Å²) in [4.78, 5) is 38.6. The fourth-order valence-electron chi connectivity index (χ4n) is 4.84. The van der Waals surface area contributed by atoms with E-state index in [4.69, 9.17) is 0 Å². The molecule has 0 unspecified atom stereocenters. The van der Waals surface area contributed by atoms with Crippen molar-refractivity contribution in [3.63, 3.8) is 0 Å². The number of nitro groups is 1. The normalized spacial score (nSPS) is 25.3. The van der Waals surface area contributed by atoms with Gasteiger partial charge in [0.05, 0.1) is 4.92 Å². The number of non-ortho nitro benzene ring substituents is 1. The number of nitrogens with zero attached hydrogens (tertiary/aromatic N) is 2. The summed E-state index contributed by atoms with van der Waals surface area (Å²) in [5, 5.41) is 11.1. The van der Waals surface area contributed by atoms with Gasteiger partial charge in [-0.15, -0.1) is 0 Å². The zero-order valence-electron chi connectivity index (χ0n) is 13.5. The number of hydrogen-bond donors (Lipinski definition) is 0. The fourth-order valence-corrected chi connectivity index (χ4v) is 4.84. The monoisotopic (exact) mass is 328 g/mol. The Kier molecular flexibility index (Phi) is 3.44. The van der Waals surface area contributed by atoms with E-state index in [1.54, 1.807) is 12.1 Å². The highest BCUT2D eigenvalue weighted by atomic mass is 16.6. The van der Waals surface area contributed by atoms with Crippen LogP contribution in [0.1, 0.15) is 44.1 Å². The van der Waals surface area contributed by atoms with Gasteiger partial charge in [0.25, 0.3) is 5.69 Å². The maximum absolute atomic E-state index is 12.9. The van der Waals surface area contributed by atoms with Crippen molar-refractivity contribution >= 4 is 22.9 Å². The predicted molar refractivity (Wildman–Crippen MR) is 88.1 cm³/mol. The summed E-state index contributed by atoms with van der Waals surface area (Å²) in [6.45, 7) is 0.803. The number of benzene rings is 1. The number of fused-ring (bicyclic) bond motifs is 4. The van der Waals surface area contributed by atoms with Crippen LogP contribution in [0.4, 0.5) is 11.4 Å². The van der Waals surface area contributed by atoms with Crippen LogP contribution >= 0.6 is 0 Å². The molecule has 1 spiro atoms. The summed E-state index contributed by atoms with van der Waals surface area (Å²) in [7, 11) is 0. The molecule has 6 nitrogen and oxygen atoms in total. The van der Waals surface area contributed by atoms with Crippen LogP contribution in [0.25, 0.3) is 0 Å². The second-order valence-corrected chi connectivity index (χ2v) is 7.12. The van der Waals surface area contributed by atoms with Crippen LogP contribution in [-0.2, 0) is 16.0 Å². The van der Waals surface area contributed by atoms with Crippen molar-refractivity contribution in [1.82, 2.24) is 0 Å². The Morgan fingerprint density at radius 2 is 1.88 bits per heavy atom. The van der Waals surface area contributed by atoms with Crippen LogP contribution in [-0.4, -0.2) is 29.1 Å². The Morgan fingerprint density at radius 1 is 1.12 bits per heavy atom. The van der Waals surface area contributed by atoms with Crippen LogP contribution in [0.5, 0.6) is 0 Å². The molecule has 1 aromatic carbocycles. The first kappa shape index (κ1) is 15.3. The highest BCUT2D eigenvalue weighted by Crippen LogP contribution is 2.49. The lowest BCUT2D eigenvalue weighted by atomic mass is 9.60. The van der Waals surface area contributed by atoms with E-state index in [1.165, 1.54) is 6.07 Å². The zero-order valence-corrected chi connectivity index (χ0v) is 13.5. The van der Waals surface area contributed by atoms with Gasteiger partial charge in [0, 0.05) is 43.2 Å². The first-order valence-corrected chi connectivity index (χ1v) is 8.64. The van der Waals surface area contributed by atoms with Crippen molar-refractivity contribution in [2.75, 3.05) is 11.4 Å². The van der Waals surface area contributed by atoms with Crippen LogP contribution < -0.4 is 4.90 Å². The molecule has 4 rings (SSSR count). The Bertz CT molecular complexity index is 727. The minimum absolute atomic E-state index is 0.0232. The molecule has 24 heavy (non-hydrogen) atoms. The third-order valence-corrected chi connectivity index (χ3v) is 5.93. The molecule has 0 amide bonds. The lowest BCUT2D eigenvalue weighted by molar-refractivity contribution is -0.384. The molecule has 0 bridgehead atoms. The molecule has 3 aliphatic rings. The first-order valence-electron chi connectivity index (χ1n) is 8.64. The molecule has 1 aromatic rings. The summed E-state index contributed by atoms with van der Waals surface area (Å²) < 4.78 is 0. The van der Waals surface area contributed by atoms with Crippen LogP contribution in [0.3, 0.4) is 0 Å². The topological polar surface area (TPSA) is 80.5 Å². The van der Waals surface area contributed by atoms with Crippen molar-refractivity contribution in [2.45, 2.75) is 51.0 Å². The number of piperidine rings is 1. The van der Waals surface area contributed by atoms with Crippen LogP contribution in [0, 0.1) is 15.5 Å². The number of carbonyl (C=O) groups excluding carboxylic acids is 2. The first-order chi connectivity index (χ1) is 11.5. The van der Waals surface area contributed by atoms with Crippen LogP contribution in [0.15, 0.2) is 18.2 Å². The van der Waals surface area contributed by atoms with E-state index in [9.17, 15) is 19.7 Å². The largest absolute Gasteiger partial charge is 0.367 e. The number of rotatable bonds is 1. The molecule has 126 valence electrons. The van der Waals surface area contributed by atoms with E-state index in [0.717, 1.165) is 37.1 Å². The van der Waals surface area contributed by atoms with E-state index in [1.807, 2.05) is 0 Å². The van der Waals surface area contributed by atoms with Crippen molar-refractivity contribution in [1.29, 1.82) is 0 Å². The number of Topliss-reactive ketones (excluding diaryl/α,β-unsaturated/α-hetero) is 2. The highest BCUT2D eigenvalue weighted by Gasteiger charge is 2.57. The molecule has 1 saturated heterocycles. The number of anilines is 1. The average molecular weight is 328 g/mol. The van der Waals surface area contributed by atoms with Crippen molar-refractivity contribution in [3.8, 4) is 0 Å². The molecular weight excluding hydrogens is 308 g/mol. The van der Waals surface area contributed by atoms with Gasteiger partial charge < -0.3 is 4.90 Å². The molecular formula is C18H20N2O4. The minimum Gasteiger partial charge on any atom is -0.367 e. The second-order valence-electron chi connectivity index (χ2n) is 7.12. The maximum atomic E-state index is 12.9. The SMILES string of the molecule is O=C1CCCC(=O)C12Cc1cc([N+](=O)[O-])ccc1N1CCCC[C@@H]12. The summed E-state index contributed by atoms with van der Waals surface area (Å²) in [6.07, 6.45) is 4.72. The predicted octanol–water partition coefficient (Wildman–Crippen LogP) is 2.82. The number of hydrogen-bond acceptors (Lipinski definition) is 5. The molecule has 0 radical (unpaired) electrons. The lowest BCUT2D eigenvalue weighted by Gasteiger charge is -2.53. The lowest BCUT2D eigenvalue weighted by Crippen LogP contribution is -2.62. The van der Waals surface area contributed by atoms with Crippen molar-refractivity contribution in [2.24, 2.45) is 5.41 Å². The van der Waals surface area contributed by atoms with E-state index >= 15 is 0 Å². The molecule has 1 aliphatic carbocycles. The fraction of sp³-hybridized carbons (Fsp3) is 0.556. The van der Waals surface area contributed by atoms with E-state index in [2.05, 4.69) is 4.90 Å². The van der Waals surface area contributed by atoms with Gasteiger partial charge in [-0.2, -0.15) is 0 Å². The molecule has 2 heterocycles. The van der Waals surface area contributed by atoms with Gasteiger partial charge in [-0.3, -0.25) is 19.7 Å². The standard InChI is InChI=1S/C18H20N2O4/c21-16-5-3-6-17(22)18(16)11-12-10-13(20(23)24)7-8-14(12)19-9-2-1-4-15(18)19/h7-8,10,15H,1-6,9,11H2/t15-/m1/s1. The molecule has 2 fully saturated rings. The summed E-state index contributed by atoms with van der Waals surface area (Å²) >= 11 is 0. The van der Waals surface area contributed by atoms with Gasteiger partial charge in [0.1, 0.15) is 17.0 Å². The van der Waals surface area contributed by atoms with E-state index in [0.29, 0.717) is 25.7 Å². The maximum Gasteiger partial charge on any atom is 0.269 e. The van der Waals surface area contributed by atoms with Gasteiger partial charge in [-0.1, -0.05) is 0 Å². The Balaban J connectivity index is 1.88. The molecule has 0 N–H and O–H groups in total. The Labute approximate surface area is 140 Å². The van der Waals surface area contributed by atoms with Gasteiger partial charge >= 0.3 is 0 Å². The summed E-state index contributed by atoms with van der Waals surface area (Å²) in [5.74, 6) is 0.0700. The second kappa shape index (κ2) is 5.40. The zero-order chi connectivity index (χ0) is 16.9. The number of ketones is 2. The van der Waals surface area contributed by atoms with Crippen molar-refractivity contribution < 1.29 is 14.5 Å². The Hall–Kier alpha value is -2.24. The van der Waals surface area contributed by atoms with E-state index in [-0.39, 0.29) is 23.3 Å². The quantitative estimate of drug-likeness (QED) is 0.450. The molecule has 1 atom stereocenters. The van der Waals surface area contributed by atoms with Gasteiger partial charge in [-0.05, 0) is 43.7 Å². The number of carbonyl (C=O) groups is 2. The highest BCUT2D eigenvalue weighted by molar-refractivity contribution is 6.11. The summed E-state index contributed by atoms with van der Waals surface area (Å²) in [5.41, 5.74) is 0.768. The van der Waals surface area contributed by atoms with Gasteiger partial charge in [-0.25, -0.2) is 0 Å². The molecule has 6 heteroatoms. The van der Waals surface area contributed by atoms with Gasteiger partial charge in [0.15, 0.2) is 0 Å². The van der Waals surface area contributed by atoms with Crippen molar-refractivity contribution in [3.05, 3.63) is 33.9 Å². The number of nitro benzene ring substituents is 1. The van der Waals surface area contributed by atoms with Gasteiger partial charge in [0.2, 0.25) is 0 Å². The molecule has 0 aromatic heterocycles. The average Bonchev–Trinajstić information content (AvgIpc) is 2.59. The smallest absolute Gasteiger partial charge is 0.269 e. The summed E-state index contributed by atoms with van der Waals surface area (Å²) in [6, 6.07) is 4.78. The minimum atomic E-state index is -0.985.